The third kappa shape index (κ3) is 3.07. The van der Waals surface area contributed by atoms with Crippen LogP contribution in [-0.4, -0.2) is 45.1 Å². The number of thiophene rings is 1. The molecule has 0 aliphatic carbocycles. The molecule has 0 aromatic carbocycles. The number of rotatable bonds is 5. The average Bonchev–Trinajstić information content (AvgIpc) is 2.78. The monoisotopic (exact) mass is 318 g/mol. The van der Waals surface area contributed by atoms with Crippen molar-refractivity contribution in [2.24, 2.45) is 0 Å². The Hall–Kier alpha value is -0.470. The predicted octanol–water partition coefficient (Wildman–Crippen LogP) is 1.58. The molecule has 1 N–H and O–H groups in total. The normalized spacial score (nSPS) is 21.2. The van der Waals surface area contributed by atoms with E-state index in [1.165, 1.54) is 11.3 Å². The van der Waals surface area contributed by atoms with Crippen molar-refractivity contribution < 1.29 is 13.2 Å². The van der Waals surface area contributed by atoms with Crippen molar-refractivity contribution >= 4 is 21.4 Å². The maximum atomic E-state index is 12.9. The molecule has 1 aromatic rings. The van der Waals surface area contributed by atoms with Crippen LogP contribution >= 0.6 is 11.3 Å². The molecular formula is C13H22N2O3S2. The van der Waals surface area contributed by atoms with E-state index in [4.69, 9.17) is 4.74 Å². The van der Waals surface area contributed by atoms with Gasteiger partial charge >= 0.3 is 0 Å². The molecule has 1 saturated heterocycles. The van der Waals surface area contributed by atoms with Crippen LogP contribution < -0.4 is 5.32 Å². The number of nitrogens with zero attached hydrogens (tertiary/aromatic N) is 1. The average molecular weight is 318 g/mol. The second-order valence-corrected chi connectivity index (χ2v) is 7.78. The molecule has 5 nitrogen and oxygen atoms in total. The maximum absolute atomic E-state index is 12.9. The summed E-state index contributed by atoms with van der Waals surface area (Å²) in [6.07, 6.45) is 0. The third-order valence-electron chi connectivity index (χ3n) is 3.40. The van der Waals surface area contributed by atoms with Crippen LogP contribution in [0.3, 0.4) is 0 Å². The van der Waals surface area contributed by atoms with Crippen molar-refractivity contribution in [3.8, 4) is 0 Å². The Labute approximate surface area is 125 Å². The van der Waals surface area contributed by atoms with E-state index in [-0.39, 0.29) is 6.04 Å². The van der Waals surface area contributed by atoms with Crippen LogP contribution in [-0.2, 0) is 21.3 Å². The van der Waals surface area contributed by atoms with Gasteiger partial charge in [-0.25, -0.2) is 8.42 Å². The van der Waals surface area contributed by atoms with Crippen LogP contribution in [0, 0.1) is 6.92 Å². The maximum Gasteiger partial charge on any atom is 0.244 e. The Balaban J connectivity index is 2.35. The quantitative estimate of drug-likeness (QED) is 0.895. The molecule has 1 aromatic heterocycles. The van der Waals surface area contributed by atoms with Gasteiger partial charge in [-0.05, 0) is 31.3 Å². The van der Waals surface area contributed by atoms with E-state index in [0.717, 1.165) is 17.0 Å². The van der Waals surface area contributed by atoms with Crippen molar-refractivity contribution in [3.63, 3.8) is 0 Å². The zero-order valence-corrected chi connectivity index (χ0v) is 13.8. The molecule has 1 aliphatic heterocycles. The Bertz CT molecular complexity index is 554. The van der Waals surface area contributed by atoms with Gasteiger partial charge in [-0.3, -0.25) is 0 Å². The number of nitrogens with one attached hydrogen (secondary N) is 1. The summed E-state index contributed by atoms with van der Waals surface area (Å²) in [6, 6.07) is -0.111. The van der Waals surface area contributed by atoms with Gasteiger partial charge in [0.2, 0.25) is 10.0 Å². The predicted molar refractivity (Wildman–Crippen MR) is 80.6 cm³/mol. The third-order valence-corrected chi connectivity index (χ3v) is 6.88. The molecule has 20 heavy (non-hydrogen) atoms. The number of sulfonamides is 1. The molecule has 2 heterocycles. The Morgan fingerprint density at radius 3 is 2.95 bits per heavy atom. The molecule has 1 aliphatic rings. The largest absolute Gasteiger partial charge is 0.378 e. The van der Waals surface area contributed by atoms with Crippen LogP contribution in [0.25, 0.3) is 0 Å². The zero-order chi connectivity index (χ0) is 14.8. The fraction of sp³-hybridized carbons (Fsp3) is 0.692. The van der Waals surface area contributed by atoms with Crippen molar-refractivity contribution in [1.29, 1.82) is 0 Å². The van der Waals surface area contributed by atoms with Crippen molar-refractivity contribution in [2.75, 3.05) is 26.3 Å². The standard InChI is InChI=1S/C13H22N2O3S2/c1-4-14-7-12-13(10(2)9-19-12)20(16,17)15-5-6-18-8-11(15)3/h9,11,14H,4-8H2,1-3H3. The first-order valence-corrected chi connectivity index (χ1v) is 9.17. The SMILES string of the molecule is CCNCc1scc(C)c1S(=O)(=O)N1CCOCC1C. The Morgan fingerprint density at radius 1 is 1.55 bits per heavy atom. The molecule has 2 rings (SSSR count). The fourth-order valence-corrected chi connectivity index (χ4v) is 5.72. The van der Waals surface area contributed by atoms with E-state index in [2.05, 4.69) is 5.32 Å². The molecule has 7 heteroatoms. The molecule has 0 amide bonds. The van der Waals surface area contributed by atoms with Crippen molar-refractivity contribution in [2.45, 2.75) is 38.3 Å². The molecule has 1 fully saturated rings. The smallest absolute Gasteiger partial charge is 0.244 e. The molecule has 0 radical (unpaired) electrons. The van der Waals surface area contributed by atoms with Crippen LogP contribution in [0.15, 0.2) is 10.3 Å². The van der Waals surface area contributed by atoms with E-state index in [0.29, 0.717) is 31.2 Å². The first kappa shape index (κ1) is 15.9. The molecule has 0 bridgehead atoms. The highest BCUT2D eigenvalue weighted by atomic mass is 32.2. The van der Waals surface area contributed by atoms with Gasteiger partial charge in [0.1, 0.15) is 4.90 Å². The number of morpholine rings is 1. The molecule has 0 saturated carbocycles. The van der Waals surface area contributed by atoms with Crippen molar-refractivity contribution in [3.05, 3.63) is 15.8 Å². The van der Waals surface area contributed by atoms with Crippen LogP contribution in [0.2, 0.25) is 0 Å². The summed E-state index contributed by atoms with van der Waals surface area (Å²) in [5, 5.41) is 5.13. The van der Waals surface area contributed by atoms with E-state index >= 15 is 0 Å². The van der Waals surface area contributed by atoms with Gasteiger partial charge in [-0.1, -0.05) is 6.92 Å². The Kier molecular flexibility index (Phi) is 5.19. The number of ether oxygens (including phenoxy) is 1. The van der Waals surface area contributed by atoms with E-state index in [9.17, 15) is 8.42 Å². The second kappa shape index (κ2) is 6.53. The molecule has 0 spiro atoms. The lowest BCUT2D eigenvalue weighted by atomic mass is 10.3. The minimum atomic E-state index is -3.44. The van der Waals surface area contributed by atoms with Gasteiger partial charge in [-0.15, -0.1) is 11.3 Å². The fourth-order valence-electron chi connectivity index (χ4n) is 2.38. The number of hydrogen-bond donors (Lipinski definition) is 1. The van der Waals surface area contributed by atoms with Crippen molar-refractivity contribution in [1.82, 2.24) is 9.62 Å². The molecule has 1 atom stereocenters. The van der Waals surface area contributed by atoms with Gasteiger partial charge in [0.15, 0.2) is 0 Å². The first-order chi connectivity index (χ1) is 9.48. The van der Waals surface area contributed by atoms with E-state index in [1.54, 1.807) is 4.31 Å². The highest BCUT2D eigenvalue weighted by Crippen LogP contribution is 2.31. The van der Waals surface area contributed by atoms with Gasteiger partial charge < -0.3 is 10.1 Å². The van der Waals surface area contributed by atoms with Gasteiger partial charge in [0.05, 0.1) is 13.2 Å². The second-order valence-electron chi connectivity index (χ2n) is 4.99. The summed E-state index contributed by atoms with van der Waals surface area (Å²) in [4.78, 5) is 1.38. The first-order valence-electron chi connectivity index (χ1n) is 6.85. The summed E-state index contributed by atoms with van der Waals surface area (Å²) in [5.41, 5.74) is 0.835. The summed E-state index contributed by atoms with van der Waals surface area (Å²) >= 11 is 1.51. The summed E-state index contributed by atoms with van der Waals surface area (Å²) in [6.45, 7) is 8.55. The summed E-state index contributed by atoms with van der Waals surface area (Å²) < 4.78 is 32.7. The lowest BCUT2D eigenvalue weighted by Gasteiger charge is -2.32. The van der Waals surface area contributed by atoms with Crippen LogP contribution in [0.1, 0.15) is 24.3 Å². The highest BCUT2D eigenvalue weighted by Gasteiger charge is 2.34. The zero-order valence-electron chi connectivity index (χ0n) is 12.2. The van der Waals surface area contributed by atoms with E-state index < -0.39 is 10.0 Å². The van der Waals surface area contributed by atoms with E-state index in [1.807, 2.05) is 26.2 Å². The highest BCUT2D eigenvalue weighted by molar-refractivity contribution is 7.89. The number of aryl methyl sites for hydroxylation is 1. The Morgan fingerprint density at radius 2 is 2.30 bits per heavy atom. The molecular weight excluding hydrogens is 296 g/mol. The lowest BCUT2D eigenvalue weighted by Crippen LogP contribution is -2.47. The summed E-state index contributed by atoms with van der Waals surface area (Å²) in [5.74, 6) is 0. The molecule has 114 valence electrons. The van der Waals surface area contributed by atoms with Crippen LogP contribution in [0.4, 0.5) is 0 Å². The van der Waals surface area contributed by atoms with Gasteiger partial charge in [0.25, 0.3) is 0 Å². The lowest BCUT2D eigenvalue weighted by molar-refractivity contribution is 0.0392. The van der Waals surface area contributed by atoms with Gasteiger partial charge in [0, 0.05) is 24.0 Å². The van der Waals surface area contributed by atoms with Gasteiger partial charge in [-0.2, -0.15) is 4.31 Å². The number of hydrogen-bond acceptors (Lipinski definition) is 5. The minimum absolute atomic E-state index is 0.111. The molecule has 1 unspecified atom stereocenters. The van der Waals surface area contributed by atoms with Crippen LogP contribution in [0.5, 0.6) is 0 Å². The topological polar surface area (TPSA) is 58.6 Å². The summed E-state index contributed by atoms with van der Waals surface area (Å²) in [7, 11) is -3.44. The minimum Gasteiger partial charge on any atom is -0.378 e.